The highest BCUT2D eigenvalue weighted by molar-refractivity contribution is 5.16. The van der Waals surface area contributed by atoms with Crippen LogP contribution in [0.2, 0.25) is 0 Å². The molecule has 0 aliphatic rings. The summed E-state index contributed by atoms with van der Waals surface area (Å²) in [5, 5.41) is 0. The van der Waals surface area contributed by atoms with Crippen molar-refractivity contribution in [1.29, 1.82) is 0 Å². The fourth-order valence-electron chi connectivity index (χ4n) is 1.23. The molecule has 0 bridgehead atoms. The van der Waals surface area contributed by atoms with E-state index in [1.807, 2.05) is 6.92 Å². The Hall–Kier alpha value is -1.04. The maximum atomic E-state index is 12.9. The number of halogens is 2. The molecular weight excluding hydrogens is 226 g/mol. The van der Waals surface area contributed by atoms with Crippen LogP contribution >= 0.6 is 0 Å². The van der Waals surface area contributed by atoms with Gasteiger partial charge in [-0.15, -0.1) is 0 Å². The minimum Gasteiger partial charge on any atom is -0.377 e. The van der Waals surface area contributed by atoms with Gasteiger partial charge in [-0.1, -0.05) is 6.07 Å². The normalized spacial score (nSPS) is 14.6. The summed E-state index contributed by atoms with van der Waals surface area (Å²) in [6.07, 6.45) is 0.618. The van der Waals surface area contributed by atoms with Gasteiger partial charge in [0.2, 0.25) is 0 Å². The number of benzene rings is 1. The largest absolute Gasteiger partial charge is 0.377 e. The number of rotatable bonds is 6. The van der Waals surface area contributed by atoms with E-state index >= 15 is 0 Å². The van der Waals surface area contributed by atoms with Crippen molar-refractivity contribution in [3.05, 3.63) is 35.4 Å². The first-order chi connectivity index (χ1) is 7.94. The third-order valence-corrected chi connectivity index (χ3v) is 2.54. The second-order valence-electron chi connectivity index (χ2n) is 4.41. The minimum atomic E-state index is -0.864. The quantitative estimate of drug-likeness (QED) is 0.746. The molecule has 0 radical (unpaired) electrons. The second-order valence-corrected chi connectivity index (χ2v) is 4.41. The molecule has 0 heterocycles. The number of hydrogen-bond donors (Lipinski definition) is 2. The van der Waals surface area contributed by atoms with Gasteiger partial charge >= 0.3 is 0 Å². The van der Waals surface area contributed by atoms with Gasteiger partial charge in [-0.2, -0.15) is 0 Å². The summed E-state index contributed by atoms with van der Waals surface area (Å²) in [4.78, 5) is 0. The van der Waals surface area contributed by atoms with Crippen molar-refractivity contribution in [3.63, 3.8) is 0 Å². The molecule has 0 saturated carbocycles. The average molecular weight is 244 g/mol. The number of hydrogen-bond acceptors (Lipinski definition) is 3. The molecule has 0 amide bonds. The molecule has 1 atom stereocenters. The Kier molecular flexibility index (Phi) is 4.99. The first-order valence-corrected chi connectivity index (χ1v) is 5.45. The van der Waals surface area contributed by atoms with Gasteiger partial charge in [-0.05, 0) is 31.0 Å². The molecule has 0 saturated heterocycles. The van der Waals surface area contributed by atoms with Gasteiger partial charge in [0.15, 0.2) is 11.6 Å². The zero-order chi connectivity index (χ0) is 12.9. The maximum absolute atomic E-state index is 12.9. The molecule has 96 valence electrons. The highest BCUT2D eigenvalue weighted by Crippen LogP contribution is 2.10. The average Bonchev–Trinajstić information content (AvgIpc) is 2.29. The van der Waals surface area contributed by atoms with Crippen molar-refractivity contribution in [1.82, 2.24) is 0 Å². The van der Waals surface area contributed by atoms with Crippen molar-refractivity contribution < 1.29 is 13.5 Å². The zero-order valence-corrected chi connectivity index (χ0v) is 9.88. The summed E-state index contributed by atoms with van der Waals surface area (Å²) < 4.78 is 30.8. The van der Waals surface area contributed by atoms with Crippen LogP contribution in [0.15, 0.2) is 18.2 Å². The molecule has 17 heavy (non-hydrogen) atoms. The Balaban J connectivity index is 2.34. The minimum absolute atomic E-state index is 0.234. The molecule has 3 nitrogen and oxygen atoms in total. The summed E-state index contributed by atoms with van der Waals surface area (Å²) in [6, 6.07) is 3.70. The summed E-state index contributed by atoms with van der Waals surface area (Å²) in [6.45, 7) is 2.89. The number of nitrogens with two attached hydrogens (primary N) is 2. The van der Waals surface area contributed by atoms with Crippen LogP contribution in [0.4, 0.5) is 8.78 Å². The van der Waals surface area contributed by atoms with Crippen molar-refractivity contribution in [2.75, 3.05) is 13.2 Å². The number of ether oxygens (including phenoxy) is 1. The van der Waals surface area contributed by atoms with Gasteiger partial charge in [0, 0.05) is 18.7 Å². The summed E-state index contributed by atoms with van der Waals surface area (Å²) in [7, 11) is 0. The van der Waals surface area contributed by atoms with E-state index < -0.39 is 17.2 Å². The lowest BCUT2D eigenvalue weighted by atomic mass is 10.0. The summed E-state index contributed by atoms with van der Waals surface area (Å²) in [5.74, 6) is -1.72. The Morgan fingerprint density at radius 1 is 1.29 bits per heavy atom. The van der Waals surface area contributed by atoms with E-state index in [1.54, 1.807) is 0 Å². The molecule has 5 heteroatoms. The van der Waals surface area contributed by atoms with Crippen LogP contribution in [-0.4, -0.2) is 18.7 Å². The SMILES string of the molecule is C[C@](N)(CN)CCOCc1ccc(F)c(F)c1. The van der Waals surface area contributed by atoms with Gasteiger partial charge in [0.1, 0.15) is 0 Å². The van der Waals surface area contributed by atoms with Crippen LogP contribution in [0.3, 0.4) is 0 Å². The molecule has 0 aromatic heterocycles. The summed E-state index contributed by atoms with van der Waals surface area (Å²) in [5.41, 5.74) is 11.4. The van der Waals surface area contributed by atoms with E-state index in [0.29, 0.717) is 25.1 Å². The van der Waals surface area contributed by atoms with Crippen molar-refractivity contribution >= 4 is 0 Å². The summed E-state index contributed by atoms with van der Waals surface area (Å²) >= 11 is 0. The van der Waals surface area contributed by atoms with Crippen LogP contribution < -0.4 is 11.5 Å². The van der Waals surface area contributed by atoms with E-state index in [1.165, 1.54) is 6.07 Å². The maximum Gasteiger partial charge on any atom is 0.159 e. The molecule has 0 aliphatic heterocycles. The molecule has 4 N–H and O–H groups in total. The Labute approximate surface area is 99.7 Å². The Morgan fingerprint density at radius 2 is 2.00 bits per heavy atom. The zero-order valence-electron chi connectivity index (χ0n) is 9.88. The third-order valence-electron chi connectivity index (χ3n) is 2.54. The van der Waals surface area contributed by atoms with E-state index in [-0.39, 0.29) is 6.61 Å². The van der Waals surface area contributed by atoms with E-state index in [4.69, 9.17) is 16.2 Å². The highest BCUT2D eigenvalue weighted by Gasteiger charge is 2.15. The third kappa shape index (κ3) is 4.77. The smallest absolute Gasteiger partial charge is 0.159 e. The van der Waals surface area contributed by atoms with Crippen LogP contribution in [0.5, 0.6) is 0 Å². The first kappa shape index (κ1) is 14.0. The second kappa shape index (κ2) is 6.05. The molecule has 0 unspecified atom stereocenters. The molecular formula is C12H18F2N2O. The van der Waals surface area contributed by atoms with Gasteiger partial charge in [0.25, 0.3) is 0 Å². The standard InChI is InChI=1S/C12H18F2N2O/c1-12(16,8-15)4-5-17-7-9-2-3-10(13)11(14)6-9/h2-3,6H,4-5,7-8,15-16H2,1H3/t12-/m1/s1. The predicted molar refractivity (Wildman–Crippen MR) is 62.3 cm³/mol. The van der Waals surface area contributed by atoms with Crippen LogP contribution in [0.1, 0.15) is 18.9 Å². The van der Waals surface area contributed by atoms with E-state index in [2.05, 4.69) is 0 Å². The predicted octanol–water partition coefficient (Wildman–Crippen LogP) is 1.55. The highest BCUT2D eigenvalue weighted by atomic mass is 19.2. The van der Waals surface area contributed by atoms with Crippen molar-refractivity contribution in [3.8, 4) is 0 Å². The van der Waals surface area contributed by atoms with Crippen LogP contribution in [0, 0.1) is 11.6 Å². The molecule has 1 aromatic carbocycles. The lowest BCUT2D eigenvalue weighted by Crippen LogP contribution is -2.44. The van der Waals surface area contributed by atoms with E-state index in [0.717, 1.165) is 12.1 Å². The lowest BCUT2D eigenvalue weighted by molar-refractivity contribution is 0.105. The fraction of sp³-hybridized carbons (Fsp3) is 0.500. The Bertz CT molecular complexity index is 370. The van der Waals surface area contributed by atoms with Crippen LogP contribution in [0.25, 0.3) is 0 Å². The Morgan fingerprint density at radius 3 is 2.59 bits per heavy atom. The first-order valence-electron chi connectivity index (χ1n) is 5.45. The van der Waals surface area contributed by atoms with Gasteiger partial charge in [0.05, 0.1) is 6.61 Å². The van der Waals surface area contributed by atoms with Crippen molar-refractivity contribution in [2.24, 2.45) is 11.5 Å². The van der Waals surface area contributed by atoms with Crippen LogP contribution in [-0.2, 0) is 11.3 Å². The molecule has 0 aliphatic carbocycles. The molecule has 1 rings (SSSR count). The molecule has 1 aromatic rings. The lowest BCUT2D eigenvalue weighted by Gasteiger charge is -2.21. The van der Waals surface area contributed by atoms with Gasteiger partial charge in [-0.3, -0.25) is 0 Å². The molecule has 0 fully saturated rings. The topological polar surface area (TPSA) is 61.3 Å². The fourth-order valence-corrected chi connectivity index (χ4v) is 1.23. The molecule has 0 spiro atoms. The van der Waals surface area contributed by atoms with Crippen molar-refractivity contribution in [2.45, 2.75) is 25.5 Å². The monoisotopic (exact) mass is 244 g/mol. The van der Waals surface area contributed by atoms with Gasteiger partial charge < -0.3 is 16.2 Å². The van der Waals surface area contributed by atoms with Gasteiger partial charge in [-0.25, -0.2) is 8.78 Å². The van der Waals surface area contributed by atoms with E-state index in [9.17, 15) is 8.78 Å².